The number of carbonyl (C=O) groups is 1. The summed E-state index contributed by atoms with van der Waals surface area (Å²) in [7, 11) is 0. The molecule has 0 spiro atoms. The van der Waals surface area contributed by atoms with Crippen LogP contribution in [0.4, 0.5) is 0 Å². The Morgan fingerprint density at radius 3 is 1.12 bits per heavy atom. The van der Waals surface area contributed by atoms with Crippen molar-refractivity contribution in [2.24, 2.45) is 0 Å². The first-order valence-corrected chi connectivity index (χ1v) is 22.1. The summed E-state index contributed by atoms with van der Waals surface area (Å²) in [5.74, 6) is -0.0645. The van der Waals surface area contributed by atoms with Crippen molar-refractivity contribution >= 4 is 5.91 Å². The van der Waals surface area contributed by atoms with Gasteiger partial charge in [0.15, 0.2) is 0 Å². The first kappa shape index (κ1) is 47.9. The minimum atomic E-state index is -0.837. The Morgan fingerprint density at radius 1 is 0.469 bits per heavy atom. The zero-order valence-corrected chi connectivity index (χ0v) is 33.2. The average Bonchev–Trinajstić information content (AvgIpc) is 3.10. The third-order valence-corrected chi connectivity index (χ3v) is 10.2. The minimum Gasteiger partial charge on any atom is -0.394 e. The summed E-state index contributed by atoms with van der Waals surface area (Å²) in [6.07, 6.45) is 52.8. The molecule has 0 fully saturated rings. The molecular weight excluding hydrogens is 602 g/mol. The third-order valence-electron chi connectivity index (χ3n) is 10.2. The second-order valence-electron chi connectivity index (χ2n) is 15.1. The fraction of sp³-hybridized carbons (Fsp3) is 0.889. The molecule has 0 saturated heterocycles. The number of amides is 1. The number of carbonyl (C=O) groups excluding carboxylic acids is 1. The lowest BCUT2D eigenvalue weighted by Gasteiger charge is -2.20. The van der Waals surface area contributed by atoms with Crippen LogP contribution in [0, 0.1) is 0 Å². The Balaban J connectivity index is 3.55. The molecule has 4 heteroatoms. The standard InChI is InChI=1S/C45H87NO3/c1-3-5-7-9-11-13-15-17-19-21-23-25-27-29-31-33-35-37-39-41-45(49)46-43(42-47)44(48)40-38-36-34-32-30-28-26-24-22-20-18-16-14-12-10-8-6-4-2/h17,19,38,40,43-44,47-48H,3-16,18,20-37,39,41-42H2,1-2H3,(H,46,49)/b19-17-,40-38+. The third kappa shape index (κ3) is 37.9. The molecule has 0 aromatic carbocycles. The van der Waals surface area contributed by atoms with E-state index in [1.165, 1.54) is 193 Å². The first-order chi connectivity index (χ1) is 24.2. The van der Waals surface area contributed by atoms with Crippen molar-refractivity contribution in [2.45, 2.75) is 251 Å². The SMILES string of the molecule is CCCCCCCC/C=C\CCCCCCCCCCCC(=O)NC(CO)C(O)/C=C/CCCCCCCCCCCCCCCCCC. The summed E-state index contributed by atoms with van der Waals surface area (Å²) in [5.41, 5.74) is 0. The van der Waals surface area contributed by atoms with E-state index in [0.717, 1.165) is 25.7 Å². The number of hydrogen-bond donors (Lipinski definition) is 3. The monoisotopic (exact) mass is 690 g/mol. The van der Waals surface area contributed by atoms with Gasteiger partial charge in [-0.15, -0.1) is 0 Å². The topological polar surface area (TPSA) is 69.6 Å². The Bertz CT molecular complexity index is 705. The number of unbranched alkanes of at least 4 members (excludes halogenated alkanes) is 31. The van der Waals surface area contributed by atoms with Crippen LogP contribution in [0.3, 0.4) is 0 Å². The molecule has 0 radical (unpaired) electrons. The zero-order valence-electron chi connectivity index (χ0n) is 33.2. The molecule has 290 valence electrons. The second-order valence-corrected chi connectivity index (χ2v) is 15.1. The van der Waals surface area contributed by atoms with Gasteiger partial charge in [-0.3, -0.25) is 4.79 Å². The molecule has 0 saturated carbocycles. The molecule has 0 aliphatic rings. The molecule has 2 atom stereocenters. The lowest BCUT2D eigenvalue weighted by atomic mass is 10.0. The highest BCUT2D eigenvalue weighted by atomic mass is 16.3. The molecule has 0 bridgehead atoms. The summed E-state index contributed by atoms with van der Waals surface area (Å²) in [6, 6.07) is -0.620. The van der Waals surface area contributed by atoms with Crippen LogP contribution < -0.4 is 5.32 Å². The molecule has 2 unspecified atom stereocenters. The lowest BCUT2D eigenvalue weighted by molar-refractivity contribution is -0.123. The highest BCUT2D eigenvalue weighted by Gasteiger charge is 2.17. The fourth-order valence-electron chi connectivity index (χ4n) is 6.76. The summed E-state index contributed by atoms with van der Waals surface area (Å²) < 4.78 is 0. The van der Waals surface area contributed by atoms with Gasteiger partial charge in [-0.25, -0.2) is 0 Å². The van der Waals surface area contributed by atoms with Gasteiger partial charge in [-0.2, -0.15) is 0 Å². The van der Waals surface area contributed by atoms with Gasteiger partial charge < -0.3 is 15.5 Å². The quantitative estimate of drug-likeness (QED) is 0.0443. The predicted molar refractivity (Wildman–Crippen MR) is 216 cm³/mol. The average molecular weight is 690 g/mol. The van der Waals surface area contributed by atoms with Crippen molar-refractivity contribution in [1.82, 2.24) is 5.32 Å². The van der Waals surface area contributed by atoms with Crippen LogP contribution in [0.25, 0.3) is 0 Å². The van der Waals surface area contributed by atoms with Crippen LogP contribution >= 0.6 is 0 Å². The molecule has 3 N–H and O–H groups in total. The molecule has 49 heavy (non-hydrogen) atoms. The number of rotatable bonds is 40. The van der Waals surface area contributed by atoms with Gasteiger partial charge in [0.1, 0.15) is 0 Å². The van der Waals surface area contributed by atoms with E-state index in [1.54, 1.807) is 6.08 Å². The van der Waals surface area contributed by atoms with Crippen molar-refractivity contribution in [3.05, 3.63) is 24.3 Å². The van der Waals surface area contributed by atoms with Crippen molar-refractivity contribution in [1.29, 1.82) is 0 Å². The van der Waals surface area contributed by atoms with E-state index >= 15 is 0 Å². The number of aliphatic hydroxyl groups is 2. The van der Waals surface area contributed by atoms with E-state index in [1.807, 2.05) is 6.08 Å². The molecule has 4 nitrogen and oxygen atoms in total. The maximum atomic E-state index is 12.4. The molecule has 0 heterocycles. The van der Waals surface area contributed by atoms with Crippen LogP contribution in [0.15, 0.2) is 24.3 Å². The Morgan fingerprint density at radius 2 is 0.776 bits per heavy atom. The first-order valence-electron chi connectivity index (χ1n) is 22.1. The van der Waals surface area contributed by atoms with Crippen molar-refractivity contribution in [3.8, 4) is 0 Å². The number of hydrogen-bond acceptors (Lipinski definition) is 3. The lowest BCUT2D eigenvalue weighted by Crippen LogP contribution is -2.45. The Labute approximate surface area is 307 Å². The van der Waals surface area contributed by atoms with Crippen molar-refractivity contribution in [2.75, 3.05) is 6.61 Å². The molecule has 0 aromatic rings. The zero-order chi connectivity index (χ0) is 35.7. The summed E-state index contributed by atoms with van der Waals surface area (Å²) in [4.78, 5) is 12.4. The van der Waals surface area contributed by atoms with Gasteiger partial charge in [0.2, 0.25) is 5.91 Å². The molecule has 0 aliphatic carbocycles. The highest BCUT2D eigenvalue weighted by Crippen LogP contribution is 2.15. The van der Waals surface area contributed by atoms with E-state index in [-0.39, 0.29) is 12.5 Å². The van der Waals surface area contributed by atoms with E-state index in [9.17, 15) is 15.0 Å². The number of aliphatic hydroxyl groups excluding tert-OH is 2. The molecule has 0 rings (SSSR count). The Hall–Kier alpha value is -1.13. The predicted octanol–water partition coefficient (Wildman–Crippen LogP) is 13.6. The van der Waals surface area contributed by atoms with Crippen LogP contribution in [0.5, 0.6) is 0 Å². The largest absolute Gasteiger partial charge is 0.394 e. The molecular formula is C45H87NO3. The summed E-state index contributed by atoms with van der Waals surface area (Å²) in [5, 5.41) is 23.0. The normalized spacial score (nSPS) is 13.1. The van der Waals surface area contributed by atoms with Gasteiger partial charge in [-0.1, -0.05) is 212 Å². The summed E-state index contributed by atoms with van der Waals surface area (Å²) in [6.45, 7) is 4.32. The van der Waals surface area contributed by atoms with E-state index in [2.05, 4.69) is 31.3 Å². The fourth-order valence-corrected chi connectivity index (χ4v) is 6.76. The highest BCUT2D eigenvalue weighted by molar-refractivity contribution is 5.76. The number of nitrogens with one attached hydrogen (secondary N) is 1. The van der Waals surface area contributed by atoms with Crippen LogP contribution in [0.2, 0.25) is 0 Å². The van der Waals surface area contributed by atoms with Crippen LogP contribution in [-0.2, 0) is 4.79 Å². The van der Waals surface area contributed by atoms with E-state index in [4.69, 9.17) is 0 Å². The van der Waals surface area contributed by atoms with Crippen molar-refractivity contribution < 1.29 is 15.0 Å². The maximum absolute atomic E-state index is 12.4. The van der Waals surface area contributed by atoms with Crippen molar-refractivity contribution in [3.63, 3.8) is 0 Å². The Kier molecular flexibility index (Phi) is 40.3. The molecule has 0 aliphatic heterocycles. The van der Waals surface area contributed by atoms with Crippen LogP contribution in [0.1, 0.15) is 239 Å². The van der Waals surface area contributed by atoms with Gasteiger partial charge in [0.25, 0.3) is 0 Å². The molecule has 1 amide bonds. The van der Waals surface area contributed by atoms with Gasteiger partial charge in [0, 0.05) is 6.42 Å². The van der Waals surface area contributed by atoms with E-state index in [0.29, 0.717) is 6.42 Å². The van der Waals surface area contributed by atoms with E-state index < -0.39 is 12.1 Å². The van der Waals surface area contributed by atoms with Gasteiger partial charge >= 0.3 is 0 Å². The molecule has 0 aromatic heterocycles. The number of allylic oxidation sites excluding steroid dienone is 3. The minimum absolute atomic E-state index is 0.0645. The smallest absolute Gasteiger partial charge is 0.220 e. The second kappa shape index (κ2) is 41.3. The van der Waals surface area contributed by atoms with Crippen LogP contribution in [-0.4, -0.2) is 34.9 Å². The van der Waals surface area contributed by atoms with Gasteiger partial charge in [0.05, 0.1) is 18.8 Å². The maximum Gasteiger partial charge on any atom is 0.220 e. The van der Waals surface area contributed by atoms with Gasteiger partial charge in [-0.05, 0) is 44.9 Å². The summed E-state index contributed by atoms with van der Waals surface area (Å²) >= 11 is 0.